The van der Waals surface area contributed by atoms with E-state index in [2.05, 4.69) is 24.0 Å². The summed E-state index contributed by atoms with van der Waals surface area (Å²) in [6, 6.07) is 8.24. The molecule has 0 aliphatic carbocycles. The number of hydrogen-bond acceptors (Lipinski definition) is 1. The van der Waals surface area contributed by atoms with Gasteiger partial charge in [-0.1, -0.05) is 38.6 Å². The van der Waals surface area contributed by atoms with Crippen LogP contribution in [0.4, 0.5) is 5.69 Å². The highest BCUT2D eigenvalue weighted by Gasteiger charge is 2.10. The van der Waals surface area contributed by atoms with Crippen LogP contribution in [0.3, 0.4) is 0 Å². The number of fused-ring (bicyclic) bond motifs is 1. The summed E-state index contributed by atoms with van der Waals surface area (Å²) >= 11 is 0. The maximum absolute atomic E-state index is 3.93. The SMILES string of the molecule is C=C1CNc2ccccc21.CC. The van der Waals surface area contributed by atoms with E-state index in [1.807, 2.05) is 26.0 Å². The molecule has 0 saturated heterocycles. The molecule has 1 heteroatoms. The summed E-state index contributed by atoms with van der Waals surface area (Å²) in [5.74, 6) is 0. The van der Waals surface area contributed by atoms with Crippen LogP contribution in [0.2, 0.25) is 0 Å². The monoisotopic (exact) mass is 161 g/mol. The van der Waals surface area contributed by atoms with Gasteiger partial charge in [0.2, 0.25) is 0 Å². The first-order valence-electron chi connectivity index (χ1n) is 4.39. The largest absolute Gasteiger partial charge is 0.380 e. The Morgan fingerprint density at radius 2 is 1.92 bits per heavy atom. The highest BCUT2D eigenvalue weighted by Crippen LogP contribution is 2.28. The number of para-hydroxylation sites is 1. The molecular formula is C11H15N. The van der Waals surface area contributed by atoms with E-state index in [1.54, 1.807) is 0 Å². The maximum atomic E-state index is 3.93. The lowest BCUT2D eigenvalue weighted by molar-refractivity contribution is 1.45. The Morgan fingerprint density at radius 1 is 1.25 bits per heavy atom. The average molecular weight is 161 g/mol. The van der Waals surface area contributed by atoms with Gasteiger partial charge in [-0.3, -0.25) is 0 Å². The summed E-state index contributed by atoms with van der Waals surface area (Å²) in [5, 5.41) is 3.25. The zero-order valence-corrected chi connectivity index (χ0v) is 7.72. The van der Waals surface area contributed by atoms with Gasteiger partial charge in [-0.2, -0.15) is 0 Å². The van der Waals surface area contributed by atoms with Gasteiger partial charge in [-0.15, -0.1) is 0 Å². The van der Waals surface area contributed by atoms with Gasteiger partial charge >= 0.3 is 0 Å². The second-order valence-corrected chi connectivity index (χ2v) is 2.50. The molecule has 0 aromatic heterocycles. The summed E-state index contributed by atoms with van der Waals surface area (Å²) < 4.78 is 0. The second-order valence-electron chi connectivity index (χ2n) is 2.50. The molecule has 1 N–H and O–H groups in total. The van der Waals surface area contributed by atoms with Crippen LogP contribution in [-0.4, -0.2) is 6.54 Å². The van der Waals surface area contributed by atoms with Crippen molar-refractivity contribution in [1.29, 1.82) is 0 Å². The van der Waals surface area contributed by atoms with Crippen LogP contribution in [0.5, 0.6) is 0 Å². The van der Waals surface area contributed by atoms with Crippen LogP contribution in [0.15, 0.2) is 30.8 Å². The summed E-state index contributed by atoms with van der Waals surface area (Å²) in [7, 11) is 0. The lowest BCUT2D eigenvalue weighted by atomic mass is 10.1. The number of nitrogens with one attached hydrogen (secondary N) is 1. The molecule has 1 aliphatic rings. The molecule has 0 fully saturated rings. The fourth-order valence-corrected chi connectivity index (χ4v) is 1.24. The summed E-state index contributed by atoms with van der Waals surface area (Å²) in [5.41, 5.74) is 3.67. The minimum absolute atomic E-state index is 0.902. The lowest BCUT2D eigenvalue weighted by Gasteiger charge is -1.94. The van der Waals surface area contributed by atoms with Crippen LogP contribution in [0.25, 0.3) is 5.57 Å². The molecule has 12 heavy (non-hydrogen) atoms. The molecule has 1 aromatic carbocycles. The van der Waals surface area contributed by atoms with E-state index in [0.717, 1.165) is 6.54 Å². The smallest absolute Gasteiger partial charge is 0.0419 e. The van der Waals surface area contributed by atoms with Crippen molar-refractivity contribution >= 4 is 11.3 Å². The molecule has 0 radical (unpaired) electrons. The molecule has 0 atom stereocenters. The van der Waals surface area contributed by atoms with Gasteiger partial charge in [0.1, 0.15) is 0 Å². The maximum Gasteiger partial charge on any atom is 0.0419 e. The van der Waals surface area contributed by atoms with Gasteiger partial charge in [0, 0.05) is 17.8 Å². The highest BCUT2D eigenvalue weighted by molar-refractivity contribution is 5.82. The Kier molecular flexibility index (Phi) is 2.92. The number of benzene rings is 1. The van der Waals surface area contributed by atoms with E-state index in [9.17, 15) is 0 Å². The Labute approximate surface area is 74.1 Å². The molecular weight excluding hydrogens is 146 g/mol. The van der Waals surface area contributed by atoms with Crippen molar-refractivity contribution in [3.05, 3.63) is 36.4 Å². The predicted octanol–water partition coefficient (Wildman–Crippen LogP) is 3.15. The van der Waals surface area contributed by atoms with E-state index in [4.69, 9.17) is 0 Å². The van der Waals surface area contributed by atoms with Crippen molar-refractivity contribution in [1.82, 2.24) is 0 Å². The topological polar surface area (TPSA) is 12.0 Å². The van der Waals surface area contributed by atoms with Crippen molar-refractivity contribution in [3.63, 3.8) is 0 Å². The molecule has 0 unspecified atom stereocenters. The van der Waals surface area contributed by atoms with Gasteiger partial charge in [-0.05, 0) is 11.6 Å². The zero-order valence-electron chi connectivity index (χ0n) is 7.72. The molecule has 0 spiro atoms. The lowest BCUT2D eigenvalue weighted by Crippen LogP contribution is -1.89. The molecule has 1 aliphatic heterocycles. The second kappa shape index (κ2) is 3.96. The predicted molar refractivity (Wildman–Crippen MR) is 55.3 cm³/mol. The van der Waals surface area contributed by atoms with Gasteiger partial charge in [0.05, 0.1) is 0 Å². The minimum Gasteiger partial charge on any atom is -0.380 e. The zero-order chi connectivity index (χ0) is 8.97. The number of hydrogen-bond donors (Lipinski definition) is 1. The number of rotatable bonds is 0. The third-order valence-corrected chi connectivity index (χ3v) is 1.80. The molecule has 64 valence electrons. The van der Waals surface area contributed by atoms with Crippen LogP contribution in [0, 0.1) is 0 Å². The Morgan fingerprint density at radius 3 is 2.58 bits per heavy atom. The fraction of sp³-hybridized carbons (Fsp3) is 0.273. The average Bonchev–Trinajstić information content (AvgIpc) is 2.53. The van der Waals surface area contributed by atoms with E-state index in [0.29, 0.717) is 0 Å². The van der Waals surface area contributed by atoms with Gasteiger partial charge in [0.15, 0.2) is 0 Å². The van der Waals surface area contributed by atoms with Gasteiger partial charge in [-0.25, -0.2) is 0 Å². The first kappa shape index (κ1) is 8.85. The quantitative estimate of drug-likeness (QED) is 0.616. The normalized spacial score (nSPS) is 12.7. The fourth-order valence-electron chi connectivity index (χ4n) is 1.24. The van der Waals surface area contributed by atoms with Crippen molar-refractivity contribution in [3.8, 4) is 0 Å². The molecule has 1 nitrogen and oxygen atoms in total. The molecule has 2 rings (SSSR count). The van der Waals surface area contributed by atoms with E-state index >= 15 is 0 Å². The van der Waals surface area contributed by atoms with E-state index in [1.165, 1.54) is 16.8 Å². The molecule has 0 bridgehead atoms. The van der Waals surface area contributed by atoms with Gasteiger partial charge in [0.25, 0.3) is 0 Å². The third-order valence-electron chi connectivity index (χ3n) is 1.80. The van der Waals surface area contributed by atoms with Crippen molar-refractivity contribution in [2.75, 3.05) is 11.9 Å². The van der Waals surface area contributed by atoms with E-state index in [-0.39, 0.29) is 0 Å². The molecule has 0 amide bonds. The third kappa shape index (κ3) is 1.50. The first-order valence-corrected chi connectivity index (χ1v) is 4.39. The Bertz CT molecular complexity index is 276. The summed E-state index contributed by atoms with van der Waals surface area (Å²) in [4.78, 5) is 0. The van der Waals surface area contributed by atoms with E-state index < -0.39 is 0 Å². The first-order chi connectivity index (χ1) is 5.88. The van der Waals surface area contributed by atoms with Crippen molar-refractivity contribution in [2.45, 2.75) is 13.8 Å². The Hall–Kier alpha value is -1.24. The number of anilines is 1. The van der Waals surface area contributed by atoms with Crippen molar-refractivity contribution < 1.29 is 0 Å². The van der Waals surface area contributed by atoms with Crippen LogP contribution in [-0.2, 0) is 0 Å². The highest BCUT2D eigenvalue weighted by atomic mass is 14.9. The van der Waals surface area contributed by atoms with Crippen molar-refractivity contribution in [2.24, 2.45) is 0 Å². The standard InChI is InChI=1S/C9H9N.C2H6/c1-7-6-10-9-5-3-2-4-8(7)9;1-2/h2-5,10H,1,6H2;1-2H3. The summed E-state index contributed by atoms with van der Waals surface area (Å²) in [6.07, 6.45) is 0. The van der Waals surface area contributed by atoms with Crippen LogP contribution >= 0.6 is 0 Å². The molecule has 0 saturated carbocycles. The van der Waals surface area contributed by atoms with Crippen LogP contribution in [0.1, 0.15) is 19.4 Å². The molecule has 1 aromatic rings. The minimum atomic E-state index is 0.902. The van der Waals surface area contributed by atoms with Crippen LogP contribution < -0.4 is 5.32 Å². The van der Waals surface area contributed by atoms with Gasteiger partial charge < -0.3 is 5.32 Å². The Balaban J connectivity index is 0.000000336. The molecule has 1 heterocycles. The summed E-state index contributed by atoms with van der Waals surface area (Å²) in [6.45, 7) is 8.84.